The van der Waals surface area contributed by atoms with Crippen LogP contribution in [-0.4, -0.2) is 13.1 Å². The summed E-state index contributed by atoms with van der Waals surface area (Å²) in [6, 6.07) is 22.1. The number of nitrogens with two attached hydrogens (primary N) is 1. The van der Waals surface area contributed by atoms with E-state index in [0.717, 1.165) is 26.9 Å². The van der Waals surface area contributed by atoms with Crippen molar-refractivity contribution in [3.05, 3.63) is 105 Å². The Kier molecular flexibility index (Phi) is 6.48. The van der Waals surface area contributed by atoms with Crippen molar-refractivity contribution in [2.75, 3.05) is 7.11 Å². The van der Waals surface area contributed by atoms with Crippen molar-refractivity contribution < 1.29 is 19.0 Å². The molecule has 1 heterocycles. The van der Waals surface area contributed by atoms with Crippen LogP contribution < -0.4 is 19.9 Å². The predicted molar refractivity (Wildman–Crippen MR) is 128 cm³/mol. The van der Waals surface area contributed by atoms with Crippen molar-refractivity contribution in [1.82, 2.24) is 0 Å². The van der Waals surface area contributed by atoms with Gasteiger partial charge in [-0.25, -0.2) is 4.79 Å². The van der Waals surface area contributed by atoms with Crippen molar-refractivity contribution >= 4 is 28.0 Å². The maximum absolute atomic E-state index is 12.3. The summed E-state index contributed by atoms with van der Waals surface area (Å²) in [4.78, 5) is 12.3. The van der Waals surface area contributed by atoms with Crippen LogP contribution in [0.15, 0.2) is 88.7 Å². The van der Waals surface area contributed by atoms with Gasteiger partial charge in [-0.3, -0.25) is 0 Å². The Morgan fingerprint density at radius 3 is 2.45 bits per heavy atom. The number of benzene rings is 3. The van der Waals surface area contributed by atoms with Gasteiger partial charge in [0.2, 0.25) is 5.88 Å². The Morgan fingerprint density at radius 1 is 1.09 bits per heavy atom. The van der Waals surface area contributed by atoms with Crippen LogP contribution in [-0.2, 0) is 4.79 Å². The van der Waals surface area contributed by atoms with E-state index in [1.807, 2.05) is 36.4 Å². The highest BCUT2D eigenvalue weighted by atomic mass is 79.9. The highest BCUT2D eigenvalue weighted by Crippen LogP contribution is 2.43. The summed E-state index contributed by atoms with van der Waals surface area (Å²) in [5.74, 6) is 0.586. The number of rotatable bonds is 5. The van der Waals surface area contributed by atoms with Gasteiger partial charge in [-0.15, -0.1) is 0 Å². The molecule has 0 amide bonds. The zero-order valence-corrected chi connectivity index (χ0v) is 19.2. The van der Waals surface area contributed by atoms with Crippen molar-refractivity contribution in [2.45, 2.75) is 5.92 Å². The fourth-order valence-electron chi connectivity index (χ4n) is 3.53. The lowest BCUT2D eigenvalue weighted by Crippen LogP contribution is -2.21. The van der Waals surface area contributed by atoms with Crippen LogP contribution in [0.1, 0.15) is 22.6 Å². The molecule has 0 aromatic heterocycles. The normalized spacial score (nSPS) is 14.9. The van der Waals surface area contributed by atoms with Gasteiger partial charge in [0.25, 0.3) is 0 Å². The van der Waals surface area contributed by atoms with Gasteiger partial charge in [0.05, 0.1) is 13.0 Å². The van der Waals surface area contributed by atoms with Crippen molar-refractivity contribution in [3.63, 3.8) is 0 Å². The third kappa shape index (κ3) is 4.92. The van der Waals surface area contributed by atoms with Crippen LogP contribution in [0.25, 0.3) is 6.08 Å². The molecule has 0 saturated carbocycles. The predicted octanol–water partition coefficient (Wildman–Crippen LogP) is 5.29. The second-order valence-corrected chi connectivity index (χ2v) is 8.12. The van der Waals surface area contributed by atoms with E-state index in [9.17, 15) is 10.1 Å². The van der Waals surface area contributed by atoms with Gasteiger partial charge in [-0.05, 0) is 47.5 Å². The summed E-state index contributed by atoms with van der Waals surface area (Å²) in [5.41, 5.74) is 8.87. The van der Waals surface area contributed by atoms with Gasteiger partial charge in [-0.1, -0.05) is 46.3 Å². The minimum Gasteiger partial charge on any atom is -0.497 e. The quantitative estimate of drug-likeness (QED) is 0.289. The maximum Gasteiger partial charge on any atom is 0.336 e. The topological polar surface area (TPSA) is 94.6 Å². The lowest BCUT2D eigenvalue weighted by Gasteiger charge is -2.26. The standard InChI is InChI=1S/C26H19BrN2O4/c1-31-19-9-2-16(3-10-19)4-13-24(30)32-20-11-12-21-23(14-20)33-26(29)22(15-28)25(21)17-5-7-18(27)8-6-17/h2-14,25H,29H2,1H3/b13-4+. The van der Waals surface area contributed by atoms with E-state index in [-0.39, 0.29) is 11.8 Å². The minimum absolute atomic E-state index is 0.0285. The van der Waals surface area contributed by atoms with Gasteiger partial charge in [0.15, 0.2) is 0 Å². The van der Waals surface area contributed by atoms with Gasteiger partial charge in [-0.2, -0.15) is 5.26 Å². The molecular weight excluding hydrogens is 484 g/mol. The highest BCUT2D eigenvalue weighted by molar-refractivity contribution is 9.10. The van der Waals surface area contributed by atoms with E-state index in [2.05, 4.69) is 22.0 Å². The molecule has 7 heteroatoms. The summed E-state index contributed by atoms with van der Waals surface area (Å²) >= 11 is 3.43. The maximum atomic E-state index is 12.3. The highest BCUT2D eigenvalue weighted by Gasteiger charge is 2.31. The number of ether oxygens (including phenoxy) is 3. The van der Waals surface area contributed by atoms with Gasteiger partial charge in [0.1, 0.15) is 28.9 Å². The first-order valence-electron chi connectivity index (χ1n) is 9.99. The third-order valence-corrected chi connectivity index (χ3v) is 5.67. The molecule has 3 aromatic carbocycles. The number of esters is 1. The molecule has 0 radical (unpaired) electrons. The SMILES string of the molecule is COc1ccc(/C=C/C(=O)Oc2ccc3c(c2)OC(N)=C(C#N)C3c2ccc(Br)cc2)cc1. The zero-order valence-electron chi connectivity index (χ0n) is 17.6. The van der Waals surface area contributed by atoms with Gasteiger partial charge >= 0.3 is 5.97 Å². The molecule has 1 aliphatic heterocycles. The van der Waals surface area contributed by atoms with Crippen LogP contribution in [0.3, 0.4) is 0 Å². The van der Waals surface area contributed by atoms with E-state index in [1.54, 1.807) is 43.5 Å². The number of halogens is 1. The van der Waals surface area contributed by atoms with Crippen molar-refractivity contribution in [3.8, 4) is 23.3 Å². The number of carbonyl (C=O) groups excluding carboxylic acids is 1. The summed E-state index contributed by atoms with van der Waals surface area (Å²) in [6.07, 6.45) is 3.00. The number of allylic oxidation sites excluding steroid dienone is 1. The number of nitrogens with zero attached hydrogens (tertiary/aromatic N) is 1. The molecule has 33 heavy (non-hydrogen) atoms. The Balaban J connectivity index is 1.56. The Morgan fingerprint density at radius 2 is 1.79 bits per heavy atom. The first kappa shape index (κ1) is 22.2. The van der Waals surface area contributed by atoms with Crippen LogP contribution in [0.4, 0.5) is 0 Å². The molecule has 4 rings (SSSR count). The number of hydrogen-bond donors (Lipinski definition) is 1. The fraction of sp³-hybridized carbons (Fsp3) is 0.0769. The molecule has 0 aliphatic carbocycles. The first-order chi connectivity index (χ1) is 16.0. The Labute approximate surface area is 199 Å². The van der Waals surface area contributed by atoms with Crippen molar-refractivity contribution in [1.29, 1.82) is 5.26 Å². The third-order valence-electron chi connectivity index (χ3n) is 5.14. The first-order valence-corrected chi connectivity index (χ1v) is 10.8. The Bertz CT molecular complexity index is 1290. The summed E-state index contributed by atoms with van der Waals surface area (Å²) in [7, 11) is 1.59. The van der Waals surface area contributed by atoms with E-state index in [0.29, 0.717) is 17.1 Å². The second-order valence-electron chi connectivity index (χ2n) is 7.20. The van der Waals surface area contributed by atoms with Crippen molar-refractivity contribution in [2.24, 2.45) is 5.73 Å². The molecule has 0 bridgehead atoms. The molecule has 164 valence electrons. The molecular formula is C26H19BrN2O4. The summed E-state index contributed by atoms with van der Waals surface area (Å²) in [6.45, 7) is 0. The molecule has 0 fully saturated rings. The van der Waals surface area contributed by atoms with Crippen LogP contribution in [0.2, 0.25) is 0 Å². The van der Waals surface area contributed by atoms with E-state index >= 15 is 0 Å². The molecule has 1 unspecified atom stereocenters. The smallest absolute Gasteiger partial charge is 0.336 e. The fourth-order valence-corrected chi connectivity index (χ4v) is 3.79. The minimum atomic E-state index is -0.535. The molecule has 6 nitrogen and oxygen atoms in total. The summed E-state index contributed by atoms with van der Waals surface area (Å²) in [5, 5.41) is 9.67. The van der Waals surface area contributed by atoms with E-state index < -0.39 is 5.97 Å². The lowest BCUT2D eigenvalue weighted by atomic mass is 9.83. The van der Waals surface area contributed by atoms with Crippen LogP contribution in [0.5, 0.6) is 17.2 Å². The number of hydrogen-bond acceptors (Lipinski definition) is 6. The molecule has 0 saturated heterocycles. The van der Waals surface area contributed by atoms with Gasteiger partial charge in [0, 0.05) is 22.2 Å². The second kappa shape index (κ2) is 9.63. The van der Waals surface area contributed by atoms with Crippen LogP contribution >= 0.6 is 15.9 Å². The van der Waals surface area contributed by atoms with Crippen LogP contribution in [0, 0.1) is 11.3 Å². The molecule has 1 aliphatic rings. The van der Waals surface area contributed by atoms with E-state index in [1.165, 1.54) is 6.08 Å². The number of carbonyl (C=O) groups is 1. The monoisotopic (exact) mass is 502 g/mol. The lowest BCUT2D eigenvalue weighted by molar-refractivity contribution is -0.128. The molecule has 1 atom stereocenters. The number of nitriles is 1. The number of methoxy groups -OCH3 is 1. The number of fused-ring (bicyclic) bond motifs is 1. The largest absolute Gasteiger partial charge is 0.497 e. The zero-order chi connectivity index (χ0) is 23.4. The van der Waals surface area contributed by atoms with Gasteiger partial charge < -0.3 is 19.9 Å². The average Bonchev–Trinajstić information content (AvgIpc) is 2.82. The molecule has 2 N–H and O–H groups in total. The van der Waals surface area contributed by atoms with E-state index in [4.69, 9.17) is 19.9 Å². The molecule has 3 aromatic rings. The Hall–Kier alpha value is -4.02. The summed E-state index contributed by atoms with van der Waals surface area (Å²) < 4.78 is 17.2. The molecule has 0 spiro atoms. The average molecular weight is 503 g/mol.